The molecule has 0 bridgehead atoms. The van der Waals surface area contributed by atoms with Crippen molar-refractivity contribution < 1.29 is 23.8 Å². The van der Waals surface area contributed by atoms with Gasteiger partial charge in [-0.1, -0.05) is 0 Å². The molecule has 0 aliphatic heterocycles. The van der Waals surface area contributed by atoms with Crippen molar-refractivity contribution >= 4 is 11.9 Å². The maximum absolute atomic E-state index is 11.0. The Morgan fingerprint density at radius 1 is 1.47 bits per heavy atom. The van der Waals surface area contributed by atoms with Crippen LogP contribution in [0.15, 0.2) is 16.5 Å². The number of furan rings is 1. The van der Waals surface area contributed by atoms with E-state index in [0.29, 0.717) is 18.6 Å². The summed E-state index contributed by atoms with van der Waals surface area (Å²) in [6.07, 6.45) is 1.08. The van der Waals surface area contributed by atoms with Gasteiger partial charge >= 0.3 is 11.9 Å². The Hall–Kier alpha value is -1.78. The number of carbonyl (C=O) groups excluding carboxylic acids is 1. The number of rotatable bonds is 5. The van der Waals surface area contributed by atoms with E-state index in [-0.39, 0.29) is 12.2 Å². The molecule has 1 N–H and O–H groups in total. The molecule has 0 saturated heterocycles. The van der Waals surface area contributed by atoms with Crippen LogP contribution in [0.4, 0.5) is 0 Å². The lowest BCUT2D eigenvalue weighted by molar-refractivity contribution is -0.137. The van der Waals surface area contributed by atoms with Crippen molar-refractivity contribution in [1.82, 2.24) is 0 Å². The molecule has 1 rings (SSSR count). The summed E-state index contributed by atoms with van der Waals surface area (Å²) in [4.78, 5) is 21.2. The van der Waals surface area contributed by atoms with Crippen LogP contribution < -0.4 is 0 Å². The molecular weight excluding hydrogens is 200 g/mol. The van der Waals surface area contributed by atoms with Crippen LogP contribution in [0.5, 0.6) is 0 Å². The zero-order valence-electron chi connectivity index (χ0n) is 8.36. The minimum atomic E-state index is -0.838. The predicted molar refractivity (Wildman–Crippen MR) is 50.6 cm³/mol. The van der Waals surface area contributed by atoms with Crippen LogP contribution in [0.1, 0.15) is 29.2 Å². The van der Waals surface area contributed by atoms with E-state index in [1.807, 2.05) is 0 Å². The van der Waals surface area contributed by atoms with Gasteiger partial charge in [0.15, 0.2) is 0 Å². The first-order chi connectivity index (χ1) is 7.13. The van der Waals surface area contributed by atoms with E-state index < -0.39 is 11.9 Å². The lowest BCUT2D eigenvalue weighted by Gasteiger charge is -1.95. The van der Waals surface area contributed by atoms with Crippen molar-refractivity contribution in [3.63, 3.8) is 0 Å². The Kier molecular flexibility index (Phi) is 3.91. The summed E-state index contributed by atoms with van der Waals surface area (Å²) in [7, 11) is 1.27. The second-order valence-electron chi connectivity index (χ2n) is 3.00. The second kappa shape index (κ2) is 5.19. The third-order valence-corrected chi connectivity index (χ3v) is 1.86. The van der Waals surface area contributed by atoms with E-state index in [4.69, 9.17) is 9.52 Å². The van der Waals surface area contributed by atoms with Crippen molar-refractivity contribution in [2.24, 2.45) is 0 Å². The first-order valence-corrected chi connectivity index (χ1v) is 4.52. The summed E-state index contributed by atoms with van der Waals surface area (Å²) < 4.78 is 9.62. The Balaban J connectivity index is 2.46. The molecule has 82 valence electrons. The van der Waals surface area contributed by atoms with Gasteiger partial charge in [-0.25, -0.2) is 4.79 Å². The number of hydrogen-bond donors (Lipinski definition) is 1. The van der Waals surface area contributed by atoms with Crippen LogP contribution >= 0.6 is 0 Å². The summed E-state index contributed by atoms with van der Waals surface area (Å²) >= 11 is 0. The monoisotopic (exact) mass is 212 g/mol. The highest BCUT2D eigenvalue weighted by Gasteiger charge is 2.10. The quantitative estimate of drug-likeness (QED) is 0.748. The van der Waals surface area contributed by atoms with Crippen molar-refractivity contribution in [2.75, 3.05) is 7.11 Å². The summed E-state index contributed by atoms with van der Waals surface area (Å²) in [5.41, 5.74) is 0. The number of methoxy groups -OCH3 is 1. The third kappa shape index (κ3) is 3.46. The van der Waals surface area contributed by atoms with E-state index in [2.05, 4.69) is 4.74 Å². The average Bonchev–Trinajstić information content (AvgIpc) is 2.65. The molecule has 15 heavy (non-hydrogen) atoms. The fourth-order valence-electron chi connectivity index (χ4n) is 1.14. The molecule has 1 heterocycles. The molecule has 0 fully saturated rings. The van der Waals surface area contributed by atoms with Crippen molar-refractivity contribution in [3.05, 3.63) is 23.7 Å². The van der Waals surface area contributed by atoms with Gasteiger partial charge in [0, 0.05) is 12.8 Å². The molecule has 1 aromatic heterocycles. The number of esters is 1. The largest absolute Gasteiger partial charge is 0.481 e. The smallest absolute Gasteiger partial charge is 0.373 e. The van der Waals surface area contributed by atoms with Crippen LogP contribution in [0.2, 0.25) is 0 Å². The molecule has 0 aliphatic carbocycles. The number of carboxylic acids is 1. The number of carbonyl (C=O) groups is 2. The highest BCUT2D eigenvalue weighted by Crippen LogP contribution is 2.11. The zero-order valence-corrected chi connectivity index (χ0v) is 8.36. The van der Waals surface area contributed by atoms with E-state index in [1.54, 1.807) is 6.07 Å². The minimum absolute atomic E-state index is 0.0915. The second-order valence-corrected chi connectivity index (χ2v) is 3.00. The predicted octanol–water partition coefficient (Wildman–Crippen LogP) is 1.47. The van der Waals surface area contributed by atoms with E-state index in [1.165, 1.54) is 13.2 Å². The number of aliphatic carboxylic acids is 1. The maximum atomic E-state index is 11.0. The average molecular weight is 212 g/mol. The number of carboxylic acid groups (broad SMARTS) is 1. The van der Waals surface area contributed by atoms with Gasteiger partial charge in [0.05, 0.1) is 7.11 Å². The van der Waals surface area contributed by atoms with Crippen LogP contribution in [0, 0.1) is 0 Å². The highest BCUT2D eigenvalue weighted by atomic mass is 16.5. The Morgan fingerprint density at radius 2 is 2.20 bits per heavy atom. The fourth-order valence-corrected chi connectivity index (χ4v) is 1.14. The molecule has 0 radical (unpaired) electrons. The van der Waals surface area contributed by atoms with E-state index in [0.717, 1.165) is 0 Å². The molecule has 0 atom stereocenters. The molecule has 0 aliphatic rings. The van der Waals surface area contributed by atoms with Gasteiger partial charge in [-0.05, 0) is 18.6 Å². The van der Waals surface area contributed by atoms with E-state index >= 15 is 0 Å². The molecule has 5 heteroatoms. The first kappa shape index (κ1) is 11.3. The number of hydrogen-bond acceptors (Lipinski definition) is 4. The van der Waals surface area contributed by atoms with Crippen LogP contribution in [-0.2, 0) is 16.0 Å². The molecule has 0 unspecified atom stereocenters. The van der Waals surface area contributed by atoms with Gasteiger partial charge < -0.3 is 14.3 Å². The first-order valence-electron chi connectivity index (χ1n) is 4.52. The van der Waals surface area contributed by atoms with Crippen LogP contribution in [0.3, 0.4) is 0 Å². The maximum Gasteiger partial charge on any atom is 0.373 e. The van der Waals surface area contributed by atoms with Crippen molar-refractivity contribution in [1.29, 1.82) is 0 Å². The summed E-state index contributed by atoms with van der Waals surface area (Å²) in [6.45, 7) is 0. The zero-order chi connectivity index (χ0) is 11.3. The van der Waals surface area contributed by atoms with Gasteiger partial charge in [-0.15, -0.1) is 0 Å². The van der Waals surface area contributed by atoms with Gasteiger partial charge in [-0.3, -0.25) is 4.79 Å². The molecule has 0 saturated carbocycles. The topological polar surface area (TPSA) is 76.7 Å². The lowest BCUT2D eigenvalue weighted by atomic mass is 10.2. The Labute approximate surface area is 86.6 Å². The highest BCUT2D eigenvalue weighted by molar-refractivity contribution is 5.86. The van der Waals surface area contributed by atoms with Crippen molar-refractivity contribution in [3.8, 4) is 0 Å². The lowest BCUT2D eigenvalue weighted by Crippen LogP contribution is -1.98. The summed E-state index contributed by atoms with van der Waals surface area (Å²) in [5.74, 6) is -0.631. The molecule has 1 aromatic rings. The molecular formula is C10H12O5. The molecule has 0 aromatic carbocycles. The SMILES string of the molecule is COC(=O)c1ccc(CCCC(=O)O)o1. The molecule has 5 nitrogen and oxygen atoms in total. The summed E-state index contributed by atoms with van der Waals surface area (Å²) in [6, 6.07) is 3.16. The van der Waals surface area contributed by atoms with Gasteiger partial charge in [0.25, 0.3) is 0 Å². The van der Waals surface area contributed by atoms with Gasteiger partial charge in [0.1, 0.15) is 5.76 Å². The van der Waals surface area contributed by atoms with Gasteiger partial charge in [0.2, 0.25) is 5.76 Å². The molecule has 0 amide bonds. The normalized spacial score (nSPS) is 9.93. The minimum Gasteiger partial charge on any atom is -0.481 e. The Bertz CT molecular complexity index is 352. The fraction of sp³-hybridized carbons (Fsp3) is 0.400. The van der Waals surface area contributed by atoms with Crippen molar-refractivity contribution in [2.45, 2.75) is 19.3 Å². The number of ether oxygens (including phenoxy) is 1. The third-order valence-electron chi connectivity index (χ3n) is 1.86. The molecule has 0 spiro atoms. The summed E-state index contributed by atoms with van der Waals surface area (Å²) in [5, 5.41) is 8.42. The number of aryl methyl sites for hydroxylation is 1. The van der Waals surface area contributed by atoms with Crippen LogP contribution in [-0.4, -0.2) is 24.2 Å². The van der Waals surface area contributed by atoms with Gasteiger partial charge in [-0.2, -0.15) is 0 Å². The Morgan fingerprint density at radius 3 is 2.80 bits per heavy atom. The standard InChI is InChI=1S/C10H12O5/c1-14-10(13)8-6-5-7(15-8)3-2-4-9(11)12/h5-6H,2-4H2,1H3,(H,11,12). The van der Waals surface area contributed by atoms with Crippen LogP contribution in [0.25, 0.3) is 0 Å². The van der Waals surface area contributed by atoms with E-state index in [9.17, 15) is 9.59 Å².